The van der Waals surface area contributed by atoms with Crippen LogP contribution in [-0.2, 0) is 9.53 Å². The highest BCUT2D eigenvalue weighted by molar-refractivity contribution is 5.76. The first-order chi connectivity index (χ1) is 11.3. The largest absolute Gasteiger partial charge is 0.465 e. The Bertz CT molecular complexity index is 494. The number of carbonyl (C=O) groups excluding carboxylic acids is 1. The Hall–Kier alpha value is -1.35. The van der Waals surface area contributed by atoms with E-state index in [1.807, 2.05) is 6.92 Å². The van der Waals surface area contributed by atoms with Gasteiger partial charge in [-0.1, -0.05) is 36.8 Å². The van der Waals surface area contributed by atoms with Crippen molar-refractivity contribution in [3.05, 3.63) is 35.9 Å². The Morgan fingerprint density at radius 2 is 1.83 bits per heavy atom. The number of piperidine rings is 1. The number of hydrogen-bond donors (Lipinski definition) is 0. The van der Waals surface area contributed by atoms with Crippen molar-refractivity contribution in [2.45, 2.75) is 69.9 Å². The fraction of sp³-hybridized carbons (Fsp3) is 0.650. The second-order valence-corrected chi connectivity index (χ2v) is 6.92. The van der Waals surface area contributed by atoms with Crippen LogP contribution in [0.2, 0.25) is 0 Å². The second kappa shape index (κ2) is 7.96. The predicted molar refractivity (Wildman–Crippen MR) is 92.4 cm³/mol. The first-order valence-corrected chi connectivity index (χ1v) is 9.27. The molecule has 3 rings (SSSR count). The summed E-state index contributed by atoms with van der Waals surface area (Å²) in [6.45, 7) is 3.45. The molecule has 0 unspecified atom stereocenters. The van der Waals surface area contributed by atoms with Crippen molar-refractivity contribution in [3.63, 3.8) is 0 Å². The molecular formula is C20H29NO2. The molecule has 1 saturated heterocycles. The summed E-state index contributed by atoms with van der Waals surface area (Å²) in [4.78, 5) is 14.7. The van der Waals surface area contributed by atoms with Gasteiger partial charge in [0.15, 0.2) is 0 Å². The van der Waals surface area contributed by atoms with E-state index in [0.717, 1.165) is 19.4 Å². The van der Waals surface area contributed by atoms with Crippen LogP contribution in [0.1, 0.15) is 63.4 Å². The van der Waals surface area contributed by atoms with E-state index in [1.54, 1.807) is 0 Å². The average Bonchev–Trinajstić information content (AvgIpc) is 2.63. The van der Waals surface area contributed by atoms with E-state index in [9.17, 15) is 4.79 Å². The van der Waals surface area contributed by atoms with Crippen LogP contribution in [0.4, 0.5) is 0 Å². The molecule has 3 heteroatoms. The summed E-state index contributed by atoms with van der Waals surface area (Å²) in [6.07, 6.45) is 8.22. The molecule has 0 bridgehead atoms. The Morgan fingerprint density at radius 3 is 2.52 bits per heavy atom. The lowest BCUT2D eigenvalue weighted by Crippen LogP contribution is -2.51. The van der Waals surface area contributed by atoms with Gasteiger partial charge in [-0.2, -0.15) is 0 Å². The number of nitrogens with zero attached hydrogens (tertiary/aromatic N) is 1. The van der Waals surface area contributed by atoms with Crippen LogP contribution in [0.5, 0.6) is 0 Å². The third-order valence-corrected chi connectivity index (χ3v) is 5.54. The molecule has 0 radical (unpaired) electrons. The summed E-state index contributed by atoms with van der Waals surface area (Å²) in [5.74, 6) is 0.690. The van der Waals surface area contributed by atoms with Crippen molar-refractivity contribution >= 4 is 5.97 Å². The molecule has 3 nitrogen and oxygen atoms in total. The van der Waals surface area contributed by atoms with Crippen LogP contribution < -0.4 is 0 Å². The normalized spacial score (nSPS) is 29.2. The van der Waals surface area contributed by atoms with Crippen molar-refractivity contribution in [2.75, 3.05) is 13.2 Å². The molecule has 0 aromatic heterocycles. The SMILES string of the molecule is CCOC(=O)[C@H]1CCCCN1C1CCC(c2ccccc2)CC1. The topological polar surface area (TPSA) is 29.5 Å². The van der Waals surface area contributed by atoms with Gasteiger partial charge in [0.2, 0.25) is 0 Å². The number of likely N-dealkylation sites (tertiary alicyclic amines) is 1. The number of ether oxygens (including phenoxy) is 1. The highest BCUT2D eigenvalue weighted by Crippen LogP contribution is 2.36. The first-order valence-electron chi connectivity index (χ1n) is 9.27. The van der Waals surface area contributed by atoms with E-state index in [-0.39, 0.29) is 12.0 Å². The molecule has 1 aliphatic heterocycles. The molecule has 1 aromatic carbocycles. The van der Waals surface area contributed by atoms with E-state index >= 15 is 0 Å². The molecule has 1 aliphatic carbocycles. The van der Waals surface area contributed by atoms with Crippen molar-refractivity contribution in [1.82, 2.24) is 4.90 Å². The number of carbonyl (C=O) groups is 1. The fourth-order valence-electron chi connectivity index (χ4n) is 4.35. The minimum absolute atomic E-state index is 0.00183. The first kappa shape index (κ1) is 16.5. The molecule has 126 valence electrons. The lowest BCUT2D eigenvalue weighted by Gasteiger charge is -2.42. The molecule has 23 heavy (non-hydrogen) atoms. The minimum Gasteiger partial charge on any atom is -0.465 e. The van der Waals surface area contributed by atoms with Gasteiger partial charge in [0.1, 0.15) is 6.04 Å². The molecule has 1 aromatic rings. The van der Waals surface area contributed by atoms with Gasteiger partial charge in [0.05, 0.1) is 6.61 Å². The highest BCUT2D eigenvalue weighted by Gasteiger charge is 2.36. The van der Waals surface area contributed by atoms with E-state index in [1.165, 1.54) is 37.7 Å². The predicted octanol–water partition coefficient (Wildman–Crippen LogP) is 4.13. The van der Waals surface area contributed by atoms with Crippen LogP contribution in [0, 0.1) is 0 Å². The van der Waals surface area contributed by atoms with Gasteiger partial charge >= 0.3 is 5.97 Å². The van der Waals surface area contributed by atoms with Gasteiger partial charge in [0.25, 0.3) is 0 Å². The molecule has 1 saturated carbocycles. The summed E-state index contributed by atoms with van der Waals surface area (Å²) < 4.78 is 5.31. The number of rotatable bonds is 4. The average molecular weight is 315 g/mol. The third kappa shape index (κ3) is 3.95. The number of benzene rings is 1. The molecular weight excluding hydrogens is 286 g/mol. The van der Waals surface area contributed by atoms with E-state index in [0.29, 0.717) is 18.6 Å². The van der Waals surface area contributed by atoms with Crippen LogP contribution in [0.15, 0.2) is 30.3 Å². The Kier molecular flexibility index (Phi) is 5.71. The van der Waals surface area contributed by atoms with Crippen LogP contribution in [0.25, 0.3) is 0 Å². The summed E-state index contributed by atoms with van der Waals surface area (Å²) in [5, 5.41) is 0. The van der Waals surface area contributed by atoms with Crippen LogP contribution >= 0.6 is 0 Å². The van der Waals surface area contributed by atoms with E-state index < -0.39 is 0 Å². The fourth-order valence-corrected chi connectivity index (χ4v) is 4.35. The zero-order chi connectivity index (χ0) is 16.1. The third-order valence-electron chi connectivity index (χ3n) is 5.54. The van der Waals surface area contributed by atoms with Gasteiger partial charge in [-0.05, 0) is 63.5 Å². The molecule has 1 heterocycles. The standard InChI is InChI=1S/C20H29NO2/c1-2-23-20(22)19-10-6-7-15-21(19)18-13-11-17(12-14-18)16-8-4-3-5-9-16/h3-5,8-9,17-19H,2,6-7,10-15H2,1H3/t17?,18?,19-/m1/s1. The maximum absolute atomic E-state index is 12.3. The van der Waals surface area contributed by atoms with Gasteiger partial charge < -0.3 is 4.74 Å². The van der Waals surface area contributed by atoms with Gasteiger partial charge in [-0.15, -0.1) is 0 Å². The Labute approximate surface area is 140 Å². The van der Waals surface area contributed by atoms with Crippen LogP contribution in [0.3, 0.4) is 0 Å². The molecule has 0 spiro atoms. The second-order valence-electron chi connectivity index (χ2n) is 6.92. The smallest absolute Gasteiger partial charge is 0.323 e. The van der Waals surface area contributed by atoms with Crippen molar-refractivity contribution in [1.29, 1.82) is 0 Å². The van der Waals surface area contributed by atoms with Crippen LogP contribution in [-0.4, -0.2) is 36.1 Å². The summed E-state index contributed by atoms with van der Waals surface area (Å²) in [7, 11) is 0. The maximum Gasteiger partial charge on any atom is 0.323 e. The summed E-state index contributed by atoms with van der Waals surface area (Å²) >= 11 is 0. The molecule has 2 fully saturated rings. The zero-order valence-electron chi connectivity index (χ0n) is 14.2. The van der Waals surface area contributed by atoms with Crippen molar-refractivity contribution in [3.8, 4) is 0 Å². The lowest BCUT2D eigenvalue weighted by atomic mass is 9.80. The summed E-state index contributed by atoms with van der Waals surface area (Å²) in [5.41, 5.74) is 1.48. The van der Waals surface area contributed by atoms with E-state index in [4.69, 9.17) is 4.74 Å². The number of hydrogen-bond acceptors (Lipinski definition) is 3. The molecule has 1 atom stereocenters. The monoisotopic (exact) mass is 315 g/mol. The molecule has 0 amide bonds. The Balaban J connectivity index is 1.60. The van der Waals surface area contributed by atoms with Gasteiger partial charge in [-0.25, -0.2) is 0 Å². The minimum atomic E-state index is -0.00242. The van der Waals surface area contributed by atoms with Crippen molar-refractivity contribution in [2.24, 2.45) is 0 Å². The Morgan fingerprint density at radius 1 is 1.09 bits per heavy atom. The molecule has 0 N–H and O–H groups in total. The van der Waals surface area contributed by atoms with Crippen molar-refractivity contribution < 1.29 is 9.53 Å². The van der Waals surface area contributed by atoms with E-state index in [2.05, 4.69) is 35.2 Å². The molecule has 2 aliphatic rings. The van der Waals surface area contributed by atoms with Gasteiger partial charge in [0, 0.05) is 6.04 Å². The maximum atomic E-state index is 12.3. The highest BCUT2D eigenvalue weighted by atomic mass is 16.5. The lowest BCUT2D eigenvalue weighted by molar-refractivity contribution is -0.152. The van der Waals surface area contributed by atoms with Gasteiger partial charge in [-0.3, -0.25) is 9.69 Å². The zero-order valence-corrected chi connectivity index (χ0v) is 14.2. The number of esters is 1. The quantitative estimate of drug-likeness (QED) is 0.782. The summed E-state index contributed by atoms with van der Waals surface area (Å²) in [6, 6.07) is 11.4.